The summed E-state index contributed by atoms with van der Waals surface area (Å²) in [7, 11) is 1.55. The van der Waals surface area contributed by atoms with Crippen molar-refractivity contribution in [2.75, 3.05) is 33.4 Å². The minimum atomic E-state index is -0.708. The molecule has 0 aliphatic carbocycles. The van der Waals surface area contributed by atoms with Crippen molar-refractivity contribution in [3.63, 3.8) is 0 Å². The third-order valence-corrected chi connectivity index (χ3v) is 2.75. The minimum absolute atomic E-state index is 0.155. The molecule has 6 heteroatoms. The molecule has 1 aromatic rings. The van der Waals surface area contributed by atoms with Gasteiger partial charge in [0.25, 0.3) is 5.91 Å². The summed E-state index contributed by atoms with van der Waals surface area (Å²) in [6.45, 7) is 1.66. The van der Waals surface area contributed by atoms with Gasteiger partial charge in [-0.1, -0.05) is 6.07 Å². The van der Waals surface area contributed by atoms with Crippen LogP contribution in [-0.4, -0.2) is 60.5 Å². The van der Waals surface area contributed by atoms with Crippen molar-refractivity contribution in [3.05, 3.63) is 24.3 Å². The molecule has 0 saturated carbocycles. The summed E-state index contributed by atoms with van der Waals surface area (Å²) in [5.41, 5.74) is 0. The molecule has 0 heterocycles. The maximum absolute atomic E-state index is 12.1. The van der Waals surface area contributed by atoms with Crippen LogP contribution in [-0.2, 0) is 4.79 Å². The van der Waals surface area contributed by atoms with Crippen molar-refractivity contribution in [2.24, 2.45) is 0 Å². The molecule has 0 aromatic heterocycles. The van der Waals surface area contributed by atoms with E-state index in [4.69, 9.17) is 19.7 Å². The number of nitrogens with zero attached hydrogens (tertiary/aromatic N) is 1. The monoisotopic (exact) mass is 283 g/mol. The number of rotatable bonds is 8. The zero-order valence-electron chi connectivity index (χ0n) is 11.8. The van der Waals surface area contributed by atoms with Crippen LogP contribution in [0.4, 0.5) is 0 Å². The zero-order valence-corrected chi connectivity index (χ0v) is 11.8. The van der Waals surface area contributed by atoms with Gasteiger partial charge in [0, 0.05) is 19.2 Å². The van der Waals surface area contributed by atoms with Crippen LogP contribution in [0.3, 0.4) is 0 Å². The molecule has 1 aromatic carbocycles. The molecule has 1 unspecified atom stereocenters. The van der Waals surface area contributed by atoms with E-state index in [0.29, 0.717) is 11.5 Å². The number of amides is 1. The van der Waals surface area contributed by atoms with Crippen LogP contribution in [0, 0.1) is 0 Å². The molecule has 2 N–H and O–H groups in total. The Morgan fingerprint density at radius 2 is 1.85 bits per heavy atom. The summed E-state index contributed by atoms with van der Waals surface area (Å²) in [5.74, 6) is 0.888. The van der Waals surface area contributed by atoms with Gasteiger partial charge in [0.15, 0.2) is 6.10 Å². The van der Waals surface area contributed by atoms with E-state index in [9.17, 15) is 4.79 Å². The van der Waals surface area contributed by atoms with E-state index in [2.05, 4.69) is 0 Å². The molecule has 0 aliphatic rings. The molecule has 1 rings (SSSR count). The van der Waals surface area contributed by atoms with Gasteiger partial charge in [-0.3, -0.25) is 4.79 Å². The Kier molecular flexibility index (Phi) is 6.83. The fraction of sp³-hybridized carbons (Fsp3) is 0.500. The Bertz CT molecular complexity index is 418. The highest BCUT2D eigenvalue weighted by Crippen LogP contribution is 2.20. The van der Waals surface area contributed by atoms with Crippen molar-refractivity contribution in [3.8, 4) is 11.5 Å². The zero-order chi connectivity index (χ0) is 15.0. The molecular weight excluding hydrogens is 262 g/mol. The smallest absolute Gasteiger partial charge is 0.263 e. The van der Waals surface area contributed by atoms with Gasteiger partial charge in [-0.05, 0) is 19.1 Å². The average Bonchev–Trinajstić information content (AvgIpc) is 2.46. The van der Waals surface area contributed by atoms with Gasteiger partial charge in [-0.15, -0.1) is 0 Å². The first-order chi connectivity index (χ1) is 9.62. The van der Waals surface area contributed by atoms with E-state index in [-0.39, 0.29) is 32.2 Å². The molecule has 0 spiro atoms. The number of benzene rings is 1. The second kappa shape index (κ2) is 8.39. The Morgan fingerprint density at radius 3 is 2.40 bits per heavy atom. The van der Waals surface area contributed by atoms with Gasteiger partial charge in [0.05, 0.1) is 20.3 Å². The Hall–Kier alpha value is -1.79. The Morgan fingerprint density at radius 1 is 1.25 bits per heavy atom. The number of carbonyl (C=O) groups excluding carboxylic acids is 1. The first-order valence-corrected chi connectivity index (χ1v) is 6.43. The molecule has 112 valence electrons. The topological polar surface area (TPSA) is 79.2 Å². The van der Waals surface area contributed by atoms with Gasteiger partial charge >= 0.3 is 0 Å². The summed E-state index contributed by atoms with van der Waals surface area (Å²) >= 11 is 0. The number of aliphatic hydroxyl groups excluding tert-OH is 2. The molecule has 0 bridgehead atoms. The van der Waals surface area contributed by atoms with Gasteiger partial charge in [-0.2, -0.15) is 0 Å². The van der Waals surface area contributed by atoms with Crippen LogP contribution in [0.25, 0.3) is 0 Å². The predicted octanol–water partition coefficient (Wildman–Crippen LogP) is 0.276. The van der Waals surface area contributed by atoms with E-state index in [1.165, 1.54) is 4.90 Å². The van der Waals surface area contributed by atoms with Crippen LogP contribution < -0.4 is 9.47 Å². The quantitative estimate of drug-likeness (QED) is 0.716. The summed E-state index contributed by atoms with van der Waals surface area (Å²) in [5, 5.41) is 17.8. The molecule has 0 aliphatic heterocycles. The van der Waals surface area contributed by atoms with E-state index in [1.54, 1.807) is 38.3 Å². The second-order valence-electron chi connectivity index (χ2n) is 4.21. The lowest BCUT2D eigenvalue weighted by molar-refractivity contribution is -0.139. The number of carbonyl (C=O) groups is 1. The number of aliphatic hydroxyl groups is 2. The first kappa shape index (κ1) is 16.3. The summed E-state index contributed by atoms with van der Waals surface area (Å²) in [6, 6.07) is 6.97. The summed E-state index contributed by atoms with van der Waals surface area (Å²) in [4.78, 5) is 13.5. The van der Waals surface area contributed by atoms with E-state index < -0.39 is 6.10 Å². The molecule has 1 amide bonds. The van der Waals surface area contributed by atoms with Gasteiger partial charge in [0.1, 0.15) is 11.5 Å². The lowest BCUT2D eigenvalue weighted by Crippen LogP contribution is -2.43. The maximum atomic E-state index is 12.1. The standard InChI is InChI=1S/C14H21NO5/c1-11(14(18)15(6-8-16)7-9-17)20-13-5-3-4-12(10-13)19-2/h3-5,10-11,16-17H,6-9H2,1-2H3. The molecule has 6 nitrogen and oxygen atoms in total. The average molecular weight is 283 g/mol. The summed E-state index contributed by atoms with van der Waals surface area (Å²) < 4.78 is 10.6. The first-order valence-electron chi connectivity index (χ1n) is 6.43. The number of methoxy groups -OCH3 is 1. The van der Waals surface area contributed by atoms with Crippen molar-refractivity contribution in [2.45, 2.75) is 13.0 Å². The molecule has 0 saturated heterocycles. The Balaban J connectivity index is 2.67. The summed E-state index contributed by atoms with van der Waals surface area (Å²) in [6.07, 6.45) is -0.708. The van der Waals surface area contributed by atoms with Crippen molar-refractivity contribution >= 4 is 5.91 Å². The fourth-order valence-corrected chi connectivity index (χ4v) is 1.76. The van der Waals surface area contributed by atoms with Gasteiger partial charge in [-0.25, -0.2) is 0 Å². The van der Waals surface area contributed by atoms with Crippen LogP contribution in [0.2, 0.25) is 0 Å². The minimum Gasteiger partial charge on any atom is -0.497 e. The van der Waals surface area contributed by atoms with Crippen molar-refractivity contribution in [1.29, 1.82) is 0 Å². The highest BCUT2D eigenvalue weighted by Gasteiger charge is 2.21. The van der Waals surface area contributed by atoms with Gasteiger partial charge < -0.3 is 24.6 Å². The number of ether oxygens (including phenoxy) is 2. The third-order valence-electron chi connectivity index (χ3n) is 2.75. The van der Waals surface area contributed by atoms with Crippen LogP contribution in [0.15, 0.2) is 24.3 Å². The van der Waals surface area contributed by atoms with Crippen LogP contribution in [0.1, 0.15) is 6.92 Å². The number of hydrogen-bond donors (Lipinski definition) is 2. The normalized spacial score (nSPS) is 11.8. The maximum Gasteiger partial charge on any atom is 0.263 e. The molecule has 0 fully saturated rings. The van der Waals surface area contributed by atoms with Crippen LogP contribution in [0.5, 0.6) is 11.5 Å². The molecule has 0 radical (unpaired) electrons. The number of hydrogen-bond acceptors (Lipinski definition) is 5. The van der Waals surface area contributed by atoms with Crippen molar-refractivity contribution < 1.29 is 24.5 Å². The molecular formula is C14H21NO5. The van der Waals surface area contributed by atoms with Crippen molar-refractivity contribution in [1.82, 2.24) is 4.90 Å². The largest absolute Gasteiger partial charge is 0.497 e. The molecule has 1 atom stereocenters. The lowest BCUT2D eigenvalue weighted by atomic mass is 10.3. The predicted molar refractivity (Wildman–Crippen MR) is 73.8 cm³/mol. The van der Waals surface area contributed by atoms with Gasteiger partial charge in [0.2, 0.25) is 0 Å². The second-order valence-corrected chi connectivity index (χ2v) is 4.21. The SMILES string of the molecule is COc1cccc(OC(C)C(=O)N(CCO)CCO)c1. The molecule has 20 heavy (non-hydrogen) atoms. The Labute approximate surface area is 118 Å². The fourth-order valence-electron chi connectivity index (χ4n) is 1.76. The highest BCUT2D eigenvalue weighted by molar-refractivity contribution is 5.80. The van der Waals surface area contributed by atoms with E-state index in [0.717, 1.165) is 0 Å². The van der Waals surface area contributed by atoms with E-state index in [1.807, 2.05) is 0 Å². The van der Waals surface area contributed by atoms with E-state index >= 15 is 0 Å². The highest BCUT2D eigenvalue weighted by atomic mass is 16.5. The lowest BCUT2D eigenvalue weighted by Gasteiger charge is -2.24. The van der Waals surface area contributed by atoms with Crippen LogP contribution >= 0.6 is 0 Å². The third kappa shape index (κ3) is 4.71.